The average Bonchev–Trinajstić information content (AvgIpc) is 2.73. The Hall–Kier alpha value is -2.09. The summed E-state index contributed by atoms with van der Waals surface area (Å²) in [6.07, 6.45) is 3.43. The summed E-state index contributed by atoms with van der Waals surface area (Å²) in [5.74, 6) is -0.161. The smallest absolute Gasteiger partial charge is 0.264 e. The van der Waals surface area contributed by atoms with Gasteiger partial charge in [-0.2, -0.15) is 0 Å². The van der Waals surface area contributed by atoms with Crippen LogP contribution < -0.4 is 10.0 Å². The first-order chi connectivity index (χ1) is 13.5. The molecule has 2 N–H and O–H groups in total. The second-order valence-corrected chi connectivity index (χ2v) is 9.35. The Balaban J connectivity index is 0.00000240. The lowest BCUT2D eigenvalue weighted by atomic mass is 10.0. The van der Waals surface area contributed by atoms with E-state index in [9.17, 15) is 13.2 Å². The Morgan fingerprint density at radius 1 is 1.03 bits per heavy atom. The Bertz CT molecular complexity index is 996. The molecule has 0 spiro atoms. The summed E-state index contributed by atoms with van der Waals surface area (Å²) in [6.45, 7) is 1.61. The van der Waals surface area contributed by atoms with Crippen LogP contribution in [0.4, 0.5) is 5.69 Å². The number of amides is 1. The quantitative estimate of drug-likeness (QED) is 0.803. The van der Waals surface area contributed by atoms with E-state index in [1.54, 1.807) is 23.1 Å². The van der Waals surface area contributed by atoms with E-state index in [0.29, 0.717) is 25.2 Å². The minimum absolute atomic E-state index is 0. The van der Waals surface area contributed by atoms with E-state index in [2.05, 4.69) is 0 Å². The summed E-state index contributed by atoms with van der Waals surface area (Å²) in [4.78, 5) is 14.7. The first-order valence-electron chi connectivity index (χ1n) is 9.72. The largest absolute Gasteiger partial charge is 0.337 e. The predicted molar refractivity (Wildman–Crippen MR) is 116 cm³/mol. The van der Waals surface area contributed by atoms with Crippen LogP contribution in [0.25, 0.3) is 0 Å². The van der Waals surface area contributed by atoms with Crippen LogP contribution in [0.2, 0.25) is 0 Å². The van der Waals surface area contributed by atoms with Crippen molar-refractivity contribution in [2.24, 2.45) is 5.73 Å². The maximum absolute atomic E-state index is 13.3. The van der Waals surface area contributed by atoms with Crippen LogP contribution in [0.15, 0.2) is 53.4 Å². The molecule has 156 valence electrons. The molecule has 29 heavy (non-hydrogen) atoms. The molecule has 0 bridgehead atoms. The fourth-order valence-electron chi connectivity index (χ4n) is 4.04. The summed E-state index contributed by atoms with van der Waals surface area (Å²) in [6, 6.07) is 13.9. The van der Waals surface area contributed by atoms with Crippen LogP contribution in [-0.2, 0) is 16.4 Å². The number of hydrogen-bond donors (Lipinski definition) is 1. The zero-order valence-electron chi connectivity index (χ0n) is 16.2. The van der Waals surface area contributed by atoms with Crippen molar-refractivity contribution in [3.05, 3.63) is 59.7 Å². The number of carbonyl (C=O) groups is 1. The lowest BCUT2D eigenvalue weighted by Crippen LogP contribution is -2.45. The summed E-state index contributed by atoms with van der Waals surface area (Å²) in [5.41, 5.74) is 8.14. The minimum Gasteiger partial charge on any atom is -0.337 e. The zero-order chi connectivity index (χ0) is 19.7. The van der Waals surface area contributed by atoms with Gasteiger partial charge in [0.25, 0.3) is 15.9 Å². The molecule has 2 aliphatic rings. The van der Waals surface area contributed by atoms with E-state index in [1.165, 1.54) is 10.4 Å². The van der Waals surface area contributed by atoms with Crippen molar-refractivity contribution in [1.82, 2.24) is 4.90 Å². The molecular formula is C21H26ClN3O3S. The lowest BCUT2D eigenvalue weighted by molar-refractivity contribution is 0.0708. The monoisotopic (exact) mass is 435 g/mol. The van der Waals surface area contributed by atoms with Crippen molar-refractivity contribution in [2.75, 3.05) is 23.9 Å². The number of sulfonamides is 1. The van der Waals surface area contributed by atoms with Crippen LogP contribution in [0, 0.1) is 0 Å². The summed E-state index contributed by atoms with van der Waals surface area (Å²) >= 11 is 0. The number of benzene rings is 2. The van der Waals surface area contributed by atoms with Gasteiger partial charge in [0.1, 0.15) is 0 Å². The van der Waals surface area contributed by atoms with Crippen LogP contribution in [-0.4, -0.2) is 44.9 Å². The van der Waals surface area contributed by atoms with Crippen LogP contribution in [0.1, 0.15) is 35.2 Å². The Labute approximate surface area is 178 Å². The van der Waals surface area contributed by atoms with Crippen molar-refractivity contribution in [1.29, 1.82) is 0 Å². The van der Waals surface area contributed by atoms with Crippen molar-refractivity contribution in [3.8, 4) is 0 Å². The maximum Gasteiger partial charge on any atom is 0.264 e. The molecule has 2 heterocycles. The van der Waals surface area contributed by atoms with Gasteiger partial charge in [-0.3, -0.25) is 9.10 Å². The molecule has 1 saturated heterocycles. The molecule has 2 aromatic carbocycles. The van der Waals surface area contributed by atoms with Crippen molar-refractivity contribution >= 4 is 34.0 Å². The molecule has 8 heteroatoms. The fraction of sp³-hybridized carbons (Fsp3) is 0.381. The molecule has 1 atom stereocenters. The van der Waals surface area contributed by atoms with Crippen molar-refractivity contribution < 1.29 is 13.2 Å². The number of likely N-dealkylation sites (tertiary alicyclic amines) is 1. The number of para-hydroxylation sites is 1. The SMILES string of the molecule is Cl.NC1CCCN(C(=O)c2cccc(S(=O)(=O)N3CCCc4ccccc43)c2)C1. The van der Waals surface area contributed by atoms with Gasteiger partial charge in [-0.1, -0.05) is 24.3 Å². The number of anilines is 1. The number of halogens is 1. The number of rotatable bonds is 3. The van der Waals surface area contributed by atoms with E-state index in [1.807, 2.05) is 24.3 Å². The van der Waals surface area contributed by atoms with E-state index in [-0.39, 0.29) is 29.3 Å². The standard InChI is InChI=1S/C21H25N3O3S.ClH/c22-18-9-5-12-23(15-18)21(25)17-7-3-10-19(14-17)28(26,27)24-13-4-8-16-6-1-2-11-20(16)24;/h1-3,6-7,10-11,14,18H,4-5,8-9,12-13,15,22H2;1H. The van der Waals surface area contributed by atoms with Crippen LogP contribution in [0.3, 0.4) is 0 Å². The zero-order valence-corrected chi connectivity index (χ0v) is 17.8. The Morgan fingerprint density at radius 3 is 2.62 bits per heavy atom. The predicted octanol–water partition coefficient (Wildman–Crippen LogP) is 2.81. The van der Waals surface area contributed by atoms with Gasteiger partial charge in [0.2, 0.25) is 0 Å². The van der Waals surface area contributed by atoms with Crippen molar-refractivity contribution in [3.63, 3.8) is 0 Å². The van der Waals surface area contributed by atoms with Crippen molar-refractivity contribution in [2.45, 2.75) is 36.6 Å². The Kier molecular flexibility index (Phi) is 6.51. The average molecular weight is 436 g/mol. The number of piperidine rings is 1. The van der Waals surface area contributed by atoms with Gasteiger partial charge in [0.15, 0.2) is 0 Å². The summed E-state index contributed by atoms with van der Waals surface area (Å²) in [7, 11) is -3.74. The third-order valence-electron chi connectivity index (χ3n) is 5.48. The van der Waals surface area contributed by atoms with E-state index in [4.69, 9.17) is 5.73 Å². The molecule has 0 aliphatic carbocycles. The second kappa shape index (κ2) is 8.73. The summed E-state index contributed by atoms with van der Waals surface area (Å²) < 4.78 is 28.1. The lowest BCUT2D eigenvalue weighted by Gasteiger charge is -2.31. The fourth-order valence-corrected chi connectivity index (χ4v) is 5.63. The number of fused-ring (bicyclic) bond motifs is 1. The third-order valence-corrected chi connectivity index (χ3v) is 7.29. The normalized spacial score (nSPS) is 19.3. The van der Waals surface area contributed by atoms with E-state index in [0.717, 1.165) is 36.9 Å². The number of hydrogen-bond acceptors (Lipinski definition) is 4. The highest BCUT2D eigenvalue weighted by atomic mass is 35.5. The first kappa shape index (κ1) is 21.6. The third kappa shape index (κ3) is 4.27. The topological polar surface area (TPSA) is 83.7 Å². The summed E-state index contributed by atoms with van der Waals surface area (Å²) in [5, 5.41) is 0. The van der Waals surface area contributed by atoms with Gasteiger partial charge in [-0.15, -0.1) is 12.4 Å². The molecule has 4 rings (SSSR count). The van der Waals surface area contributed by atoms with Gasteiger partial charge >= 0.3 is 0 Å². The second-order valence-electron chi connectivity index (χ2n) is 7.49. The molecule has 2 aliphatic heterocycles. The molecule has 6 nitrogen and oxygen atoms in total. The molecule has 0 radical (unpaired) electrons. The minimum atomic E-state index is -3.74. The van der Waals surface area contributed by atoms with Gasteiger partial charge in [0, 0.05) is 31.2 Å². The highest BCUT2D eigenvalue weighted by Gasteiger charge is 2.30. The van der Waals surface area contributed by atoms with Crippen LogP contribution >= 0.6 is 12.4 Å². The number of aryl methyl sites for hydroxylation is 1. The molecular weight excluding hydrogens is 410 g/mol. The molecule has 1 amide bonds. The molecule has 0 saturated carbocycles. The van der Waals surface area contributed by atoms with Gasteiger partial charge in [-0.05, 0) is 55.5 Å². The maximum atomic E-state index is 13.3. The number of carbonyl (C=O) groups excluding carboxylic acids is 1. The van der Waals surface area contributed by atoms with Gasteiger partial charge < -0.3 is 10.6 Å². The number of nitrogens with zero attached hydrogens (tertiary/aromatic N) is 2. The molecule has 0 aromatic heterocycles. The Morgan fingerprint density at radius 2 is 1.83 bits per heavy atom. The highest BCUT2D eigenvalue weighted by Crippen LogP contribution is 2.32. The molecule has 1 unspecified atom stereocenters. The molecule has 2 aromatic rings. The van der Waals surface area contributed by atoms with E-state index >= 15 is 0 Å². The molecule has 1 fully saturated rings. The van der Waals surface area contributed by atoms with Gasteiger partial charge in [-0.25, -0.2) is 8.42 Å². The van der Waals surface area contributed by atoms with E-state index < -0.39 is 10.0 Å². The first-order valence-corrected chi connectivity index (χ1v) is 11.2. The van der Waals surface area contributed by atoms with Gasteiger partial charge in [0.05, 0.1) is 10.6 Å². The highest BCUT2D eigenvalue weighted by molar-refractivity contribution is 7.92. The number of nitrogens with two attached hydrogens (primary N) is 1. The van der Waals surface area contributed by atoms with Crippen LogP contribution in [0.5, 0.6) is 0 Å².